The number of urea groups is 1. The molecule has 96 valence electrons. The van der Waals surface area contributed by atoms with Crippen molar-refractivity contribution in [1.29, 1.82) is 5.26 Å². The highest BCUT2D eigenvalue weighted by Gasteiger charge is 2.11. The van der Waals surface area contributed by atoms with E-state index in [0.29, 0.717) is 23.0 Å². The van der Waals surface area contributed by atoms with Gasteiger partial charge in [0.2, 0.25) is 0 Å². The molecular formula is C12H14ClN3O2. The average Bonchev–Trinajstić information content (AvgIpc) is 2.36. The second kappa shape index (κ2) is 6.72. The Morgan fingerprint density at radius 2 is 2.33 bits per heavy atom. The third-order valence-electron chi connectivity index (χ3n) is 2.31. The molecule has 0 aliphatic carbocycles. The van der Waals surface area contributed by atoms with Crippen LogP contribution in [-0.4, -0.2) is 31.6 Å². The van der Waals surface area contributed by atoms with E-state index in [4.69, 9.17) is 21.6 Å². The van der Waals surface area contributed by atoms with Gasteiger partial charge in [-0.15, -0.1) is 0 Å². The summed E-state index contributed by atoms with van der Waals surface area (Å²) in [6.45, 7) is 0.366. The van der Waals surface area contributed by atoms with Crippen LogP contribution in [0.3, 0.4) is 0 Å². The van der Waals surface area contributed by atoms with Crippen LogP contribution in [0, 0.1) is 11.3 Å². The van der Waals surface area contributed by atoms with Gasteiger partial charge in [0.25, 0.3) is 0 Å². The van der Waals surface area contributed by atoms with Gasteiger partial charge in [-0.2, -0.15) is 5.26 Å². The van der Waals surface area contributed by atoms with Gasteiger partial charge in [-0.1, -0.05) is 11.6 Å². The number of ether oxygens (including phenoxy) is 1. The lowest BCUT2D eigenvalue weighted by atomic mass is 10.3. The van der Waals surface area contributed by atoms with Crippen LogP contribution in [-0.2, 0) is 0 Å². The summed E-state index contributed by atoms with van der Waals surface area (Å²) >= 11 is 5.86. The van der Waals surface area contributed by atoms with Gasteiger partial charge >= 0.3 is 6.03 Å². The third-order valence-corrected chi connectivity index (χ3v) is 2.54. The van der Waals surface area contributed by atoms with Crippen LogP contribution in [0.1, 0.15) is 6.42 Å². The lowest BCUT2D eigenvalue weighted by Gasteiger charge is -2.17. The lowest BCUT2D eigenvalue weighted by molar-refractivity contribution is 0.223. The minimum atomic E-state index is -0.314. The minimum absolute atomic E-state index is 0.288. The molecule has 0 unspecified atom stereocenters. The molecule has 1 aromatic carbocycles. The molecule has 1 N–H and O–H groups in total. The molecule has 0 saturated heterocycles. The van der Waals surface area contributed by atoms with Gasteiger partial charge in [-0.05, 0) is 18.2 Å². The van der Waals surface area contributed by atoms with Crippen molar-refractivity contribution in [3.8, 4) is 11.8 Å². The van der Waals surface area contributed by atoms with Crippen LogP contribution >= 0.6 is 11.6 Å². The Morgan fingerprint density at radius 1 is 1.61 bits per heavy atom. The van der Waals surface area contributed by atoms with Gasteiger partial charge in [0.1, 0.15) is 5.75 Å². The van der Waals surface area contributed by atoms with Gasteiger partial charge in [-0.3, -0.25) is 0 Å². The molecule has 0 atom stereocenters. The molecule has 0 heterocycles. The average molecular weight is 268 g/mol. The number of halogens is 1. The molecule has 0 aromatic heterocycles. The molecule has 0 saturated carbocycles. The molecule has 1 aromatic rings. The number of carbonyl (C=O) groups is 1. The Kier molecular flexibility index (Phi) is 5.28. The monoisotopic (exact) mass is 267 g/mol. The number of nitriles is 1. The van der Waals surface area contributed by atoms with Crippen LogP contribution in [0.2, 0.25) is 5.02 Å². The lowest BCUT2D eigenvalue weighted by Crippen LogP contribution is -2.32. The molecule has 1 rings (SSSR count). The highest BCUT2D eigenvalue weighted by atomic mass is 35.5. The van der Waals surface area contributed by atoms with Crippen molar-refractivity contribution < 1.29 is 9.53 Å². The van der Waals surface area contributed by atoms with Gasteiger partial charge < -0.3 is 15.0 Å². The van der Waals surface area contributed by atoms with E-state index in [1.165, 1.54) is 12.0 Å². The van der Waals surface area contributed by atoms with E-state index in [9.17, 15) is 4.79 Å². The Balaban J connectivity index is 2.75. The highest BCUT2D eigenvalue weighted by molar-refractivity contribution is 6.31. The smallest absolute Gasteiger partial charge is 0.321 e. The maximum Gasteiger partial charge on any atom is 0.321 e. The Bertz CT molecular complexity index is 471. The zero-order chi connectivity index (χ0) is 13.5. The second-order valence-electron chi connectivity index (χ2n) is 3.60. The topological polar surface area (TPSA) is 65.4 Å². The van der Waals surface area contributed by atoms with Crippen molar-refractivity contribution in [2.75, 3.05) is 26.0 Å². The summed E-state index contributed by atoms with van der Waals surface area (Å²) in [5, 5.41) is 11.6. The van der Waals surface area contributed by atoms with E-state index in [1.54, 1.807) is 25.2 Å². The number of nitrogens with zero attached hydrogens (tertiary/aromatic N) is 2. The summed E-state index contributed by atoms with van der Waals surface area (Å²) in [7, 11) is 3.13. The highest BCUT2D eigenvalue weighted by Crippen LogP contribution is 2.27. The standard InChI is InChI=1S/C12H14ClN3O2/c1-16(7-3-6-14)12(17)15-10-8-9(13)4-5-11(10)18-2/h4-5,8H,3,7H2,1-2H3,(H,15,17). The molecule has 0 bridgehead atoms. The fourth-order valence-corrected chi connectivity index (χ4v) is 1.48. The van der Waals surface area contributed by atoms with Crippen molar-refractivity contribution in [2.24, 2.45) is 0 Å². The number of carbonyl (C=O) groups excluding carboxylic acids is 1. The molecule has 0 aliphatic rings. The summed E-state index contributed by atoms with van der Waals surface area (Å²) in [4.78, 5) is 13.2. The summed E-state index contributed by atoms with van der Waals surface area (Å²) in [5.41, 5.74) is 0.499. The van der Waals surface area contributed by atoms with Gasteiger partial charge in [-0.25, -0.2) is 4.79 Å². The van der Waals surface area contributed by atoms with Crippen molar-refractivity contribution in [3.05, 3.63) is 23.2 Å². The van der Waals surface area contributed by atoms with E-state index < -0.39 is 0 Å². The maximum absolute atomic E-state index is 11.8. The summed E-state index contributed by atoms with van der Waals surface area (Å²) in [5.74, 6) is 0.529. The number of rotatable bonds is 4. The fraction of sp³-hybridized carbons (Fsp3) is 0.333. The zero-order valence-electron chi connectivity index (χ0n) is 10.2. The molecule has 6 heteroatoms. The van der Waals surface area contributed by atoms with E-state index in [0.717, 1.165) is 0 Å². The first-order valence-corrected chi connectivity index (χ1v) is 5.69. The summed E-state index contributed by atoms with van der Waals surface area (Å²) in [6, 6.07) is 6.62. The zero-order valence-corrected chi connectivity index (χ0v) is 11.0. The first-order chi connectivity index (χ1) is 8.58. The number of amides is 2. The quantitative estimate of drug-likeness (QED) is 0.912. The van der Waals surface area contributed by atoms with E-state index in [2.05, 4.69) is 5.32 Å². The van der Waals surface area contributed by atoms with Crippen molar-refractivity contribution in [1.82, 2.24) is 4.90 Å². The van der Waals surface area contributed by atoms with E-state index >= 15 is 0 Å². The Hall–Kier alpha value is -1.93. The van der Waals surface area contributed by atoms with Gasteiger partial charge in [0, 0.05) is 18.6 Å². The first-order valence-electron chi connectivity index (χ1n) is 5.31. The van der Waals surface area contributed by atoms with Gasteiger partial charge in [0.15, 0.2) is 0 Å². The number of nitrogens with one attached hydrogen (secondary N) is 1. The van der Waals surface area contributed by atoms with Crippen molar-refractivity contribution >= 4 is 23.3 Å². The first kappa shape index (κ1) is 14.1. The number of benzene rings is 1. The molecule has 0 fully saturated rings. The van der Waals surface area contributed by atoms with Gasteiger partial charge in [0.05, 0.1) is 25.3 Å². The molecule has 0 aliphatic heterocycles. The predicted octanol–water partition coefficient (Wildman–Crippen LogP) is 2.73. The number of methoxy groups -OCH3 is 1. The van der Waals surface area contributed by atoms with Crippen LogP contribution in [0.4, 0.5) is 10.5 Å². The summed E-state index contributed by atoms with van der Waals surface area (Å²) in [6.07, 6.45) is 0.288. The molecule has 18 heavy (non-hydrogen) atoms. The Morgan fingerprint density at radius 3 is 2.94 bits per heavy atom. The number of anilines is 1. The fourth-order valence-electron chi connectivity index (χ4n) is 1.31. The van der Waals surface area contributed by atoms with Crippen LogP contribution in [0.5, 0.6) is 5.75 Å². The van der Waals surface area contributed by atoms with E-state index in [-0.39, 0.29) is 12.5 Å². The van der Waals surface area contributed by atoms with Crippen LogP contribution in [0.15, 0.2) is 18.2 Å². The van der Waals surface area contributed by atoms with Crippen molar-refractivity contribution in [2.45, 2.75) is 6.42 Å². The minimum Gasteiger partial charge on any atom is -0.495 e. The van der Waals surface area contributed by atoms with Crippen LogP contribution < -0.4 is 10.1 Å². The predicted molar refractivity (Wildman–Crippen MR) is 69.9 cm³/mol. The maximum atomic E-state index is 11.8. The molecular weight excluding hydrogens is 254 g/mol. The molecule has 5 nitrogen and oxygen atoms in total. The molecule has 2 amide bonds. The van der Waals surface area contributed by atoms with Crippen molar-refractivity contribution in [3.63, 3.8) is 0 Å². The number of hydrogen-bond donors (Lipinski definition) is 1. The van der Waals surface area contributed by atoms with E-state index in [1.807, 2.05) is 6.07 Å². The number of hydrogen-bond acceptors (Lipinski definition) is 3. The molecule has 0 spiro atoms. The Labute approximate surface area is 111 Å². The normalized spacial score (nSPS) is 9.44. The van der Waals surface area contributed by atoms with Crippen LogP contribution in [0.25, 0.3) is 0 Å². The third kappa shape index (κ3) is 3.82. The SMILES string of the molecule is COc1ccc(Cl)cc1NC(=O)N(C)CCC#N. The largest absolute Gasteiger partial charge is 0.495 e. The molecule has 0 radical (unpaired) electrons. The summed E-state index contributed by atoms with van der Waals surface area (Å²) < 4.78 is 5.12. The second-order valence-corrected chi connectivity index (χ2v) is 4.04.